The van der Waals surface area contributed by atoms with Crippen LogP contribution in [0.3, 0.4) is 0 Å². The maximum atomic E-state index is 14.6. The van der Waals surface area contributed by atoms with Crippen molar-refractivity contribution in [2.45, 2.75) is 24.6 Å². The van der Waals surface area contributed by atoms with Crippen LogP contribution in [-0.2, 0) is 0 Å². The van der Waals surface area contributed by atoms with E-state index in [2.05, 4.69) is 15.3 Å². The van der Waals surface area contributed by atoms with Gasteiger partial charge in [0.2, 0.25) is 0 Å². The van der Waals surface area contributed by atoms with Gasteiger partial charge in [-0.1, -0.05) is 11.9 Å². The molecule has 2 heterocycles. The number of methoxy groups -OCH3 is 1. The number of nitrogens with zero attached hydrogens (tertiary/aromatic N) is 3. The Labute approximate surface area is 173 Å². The van der Waals surface area contributed by atoms with Gasteiger partial charge in [-0.2, -0.15) is 0 Å². The Bertz CT molecular complexity index is 933. The summed E-state index contributed by atoms with van der Waals surface area (Å²) in [6, 6.07) is 7.15. The molecule has 3 rings (SSSR count). The number of halogens is 1. The fourth-order valence-electron chi connectivity index (χ4n) is 2.96. The highest BCUT2D eigenvalue weighted by atomic mass is 32.2. The predicted molar refractivity (Wildman–Crippen MR) is 114 cm³/mol. The van der Waals surface area contributed by atoms with Crippen molar-refractivity contribution in [3.63, 3.8) is 0 Å². The SMILES string of the molecule is COc1ccc(C(=O)Nc2ccc(F)c([C@@H]3CN(C)SC(C)(C)C(N)=N3)c2)nc1. The van der Waals surface area contributed by atoms with Crippen LogP contribution in [0.1, 0.15) is 35.9 Å². The number of rotatable bonds is 4. The van der Waals surface area contributed by atoms with E-state index in [0.717, 1.165) is 0 Å². The minimum atomic E-state index is -0.481. The molecule has 0 saturated carbocycles. The summed E-state index contributed by atoms with van der Waals surface area (Å²) >= 11 is 1.56. The second-order valence-electron chi connectivity index (χ2n) is 7.22. The van der Waals surface area contributed by atoms with Gasteiger partial charge in [-0.25, -0.2) is 9.37 Å². The van der Waals surface area contributed by atoms with Crippen molar-refractivity contribution < 1.29 is 13.9 Å². The summed E-state index contributed by atoms with van der Waals surface area (Å²) in [5.41, 5.74) is 7.22. The highest BCUT2D eigenvalue weighted by Crippen LogP contribution is 2.35. The van der Waals surface area contributed by atoms with Crippen molar-refractivity contribution in [1.82, 2.24) is 9.29 Å². The Morgan fingerprint density at radius 3 is 2.79 bits per heavy atom. The zero-order valence-corrected chi connectivity index (χ0v) is 17.6. The second kappa shape index (κ2) is 8.38. The zero-order chi connectivity index (χ0) is 21.2. The normalized spacial score (nSPS) is 19.2. The van der Waals surface area contributed by atoms with E-state index in [0.29, 0.717) is 29.4 Å². The maximum Gasteiger partial charge on any atom is 0.274 e. The second-order valence-corrected chi connectivity index (χ2v) is 9.04. The van der Waals surface area contributed by atoms with Crippen molar-refractivity contribution in [3.05, 3.63) is 53.6 Å². The minimum absolute atomic E-state index is 0.228. The molecule has 0 unspecified atom stereocenters. The summed E-state index contributed by atoms with van der Waals surface area (Å²) in [5, 5.41) is 2.75. The molecule has 0 radical (unpaired) electrons. The van der Waals surface area contributed by atoms with E-state index in [1.807, 2.05) is 25.2 Å². The van der Waals surface area contributed by atoms with E-state index in [1.54, 1.807) is 30.1 Å². The predicted octanol–water partition coefficient (Wildman–Crippen LogP) is 3.25. The third-order valence-corrected chi connectivity index (χ3v) is 5.67. The molecule has 1 atom stereocenters. The number of pyridine rings is 1. The van der Waals surface area contributed by atoms with E-state index < -0.39 is 17.8 Å². The highest BCUT2D eigenvalue weighted by molar-refractivity contribution is 7.99. The Kier molecular flexibility index (Phi) is 6.09. The van der Waals surface area contributed by atoms with Crippen molar-refractivity contribution in [1.29, 1.82) is 0 Å². The van der Waals surface area contributed by atoms with E-state index in [4.69, 9.17) is 10.5 Å². The first-order valence-corrected chi connectivity index (χ1v) is 9.82. The van der Waals surface area contributed by atoms with Gasteiger partial charge < -0.3 is 15.8 Å². The van der Waals surface area contributed by atoms with Crippen LogP contribution >= 0.6 is 11.9 Å². The summed E-state index contributed by atoms with van der Waals surface area (Å²) in [6.45, 7) is 4.44. The number of amidine groups is 1. The van der Waals surface area contributed by atoms with E-state index in [1.165, 1.54) is 25.4 Å². The van der Waals surface area contributed by atoms with Crippen LogP contribution in [-0.4, -0.2) is 46.5 Å². The Morgan fingerprint density at radius 1 is 1.38 bits per heavy atom. The average Bonchev–Trinajstić information content (AvgIpc) is 2.78. The number of anilines is 1. The third-order valence-electron chi connectivity index (χ3n) is 4.54. The lowest BCUT2D eigenvalue weighted by molar-refractivity contribution is 0.102. The number of likely N-dealkylation sites (N-methyl/N-ethyl adjacent to an activating group) is 1. The largest absolute Gasteiger partial charge is 0.495 e. The van der Waals surface area contributed by atoms with Gasteiger partial charge in [0.1, 0.15) is 23.1 Å². The molecule has 154 valence electrons. The summed E-state index contributed by atoms with van der Waals surface area (Å²) in [4.78, 5) is 21.1. The summed E-state index contributed by atoms with van der Waals surface area (Å²) in [5.74, 6) is 0.209. The van der Waals surface area contributed by atoms with Gasteiger partial charge in [0, 0.05) is 17.8 Å². The molecule has 1 aliphatic heterocycles. The van der Waals surface area contributed by atoms with E-state index in [9.17, 15) is 9.18 Å². The Morgan fingerprint density at radius 2 is 2.14 bits per heavy atom. The number of nitrogens with two attached hydrogens (primary N) is 1. The van der Waals surface area contributed by atoms with Crippen LogP contribution < -0.4 is 15.8 Å². The fourth-order valence-corrected chi connectivity index (χ4v) is 4.10. The quantitative estimate of drug-likeness (QED) is 0.742. The monoisotopic (exact) mass is 417 g/mol. The molecular weight excluding hydrogens is 393 g/mol. The lowest BCUT2D eigenvalue weighted by atomic mass is 10.0. The van der Waals surface area contributed by atoms with Gasteiger partial charge in [0.25, 0.3) is 5.91 Å². The lowest BCUT2D eigenvalue weighted by Crippen LogP contribution is -2.36. The first kappa shape index (κ1) is 21.1. The van der Waals surface area contributed by atoms with Gasteiger partial charge in [-0.3, -0.25) is 14.1 Å². The molecule has 0 fully saturated rings. The van der Waals surface area contributed by atoms with Crippen molar-refractivity contribution >= 4 is 29.4 Å². The highest BCUT2D eigenvalue weighted by Gasteiger charge is 2.32. The Balaban J connectivity index is 1.85. The van der Waals surface area contributed by atoms with Crippen LogP contribution in [0, 0.1) is 5.82 Å². The van der Waals surface area contributed by atoms with E-state index in [-0.39, 0.29) is 10.4 Å². The number of ether oxygens (including phenoxy) is 1. The van der Waals surface area contributed by atoms with Crippen molar-refractivity contribution in [2.75, 3.05) is 26.0 Å². The van der Waals surface area contributed by atoms with Crippen LogP contribution in [0.25, 0.3) is 0 Å². The van der Waals surface area contributed by atoms with Crippen molar-refractivity contribution in [2.24, 2.45) is 10.7 Å². The molecule has 29 heavy (non-hydrogen) atoms. The fraction of sp³-hybridized carbons (Fsp3) is 0.350. The number of hydrogen-bond donors (Lipinski definition) is 2. The topological polar surface area (TPSA) is 92.8 Å². The number of benzene rings is 1. The molecule has 0 bridgehead atoms. The van der Waals surface area contributed by atoms with Crippen LogP contribution in [0.4, 0.5) is 10.1 Å². The summed E-state index contributed by atoms with van der Waals surface area (Å²) in [7, 11) is 3.45. The van der Waals surface area contributed by atoms with Gasteiger partial charge in [0.05, 0.1) is 24.1 Å². The molecule has 1 aromatic carbocycles. The molecule has 9 heteroatoms. The molecule has 1 amide bonds. The molecule has 2 aromatic rings. The number of hydrogen-bond acceptors (Lipinski definition) is 7. The molecule has 0 spiro atoms. The van der Waals surface area contributed by atoms with Gasteiger partial charge >= 0.3 is 0 Å². The third kappa shape index (κ3) is 4.86. The lowest BCUT2D eigenvalue weighted by Gasteiger charge is -2.25. The minimum Gasteiger partial charge on any atom is -0.495 e. The number of carbonyl (C=O) groups excluding carboxylic acids is 1. The first-order chi connectivity index (χ1) is 13.7. The molecule has 3 N–H and O–H groups in total. The van der Waals surface area contributed by atoms with Crippen LogP contribution in [0.2, 0.25) is 0 Å². The molecule has 7 nitrogen and oxygen atoms in total. The van der Waals surface area contributed by atoms with Crippen molar-refractivity contribution in [3.8, 4) is 5.75 Å². The standard InChI is InChI=1S/C20H24FN5O2S/c1-20(2)19(22)25-17(11-26(3)29-20)14-9-12(5-7-15(14)21)24-18(27)16-8-6-13(28-4)10-23-16/h5-10,17H,11H2,1-4H3,(H2,22,25)(H,24,27)/t17-/m0/s1. The zero-order valence-electron chi connectivity index (χ0n) is 16.8. The average molecular weight is 418 g/mol. The number of nitrogens with one attached hydrogen (secondary N) is 1. The molecule has 1 aliphatic rings. The smallest absolute Gasteiger partial charge is 0.274 e. The summed E-state index contributed by atoms with van der Waals surface area (Å²) in [6.07, 6.45) is 1.46. The van der Waals surface area contributed by atoms with Gasteiger partial charge in [-0.15, -0.1) is 0 Å². The summed E-state index contributed by atoms with van der Waals surface area (Å²) < 4.78 is 21.3. The maximum absolute atomic E-state index is 14.6. The first-order valence-electron chi connectivity index (χ1n) is 9.04. The molecule has 0 saturated heterocycles. The van der Waals surface area contributed by atoms with E-state index >= 15 is 0 Å². The Hall–Kier alpha value is -2.65. The molecule has 1 aromatic heterocycles. The number of aliphatic imine (C=N–C) groups is 1. The molecular formula is C20H24FN5O2S. The number of amides is 1. The number of carbonyl (C=O) groups is 1. The van der Waals surface area contributed by atoms with Gasteiger partial charge in [-0.05, 0) is 51.2 Å². The van der Waals surface area contributed by atoms with Crippen LogP contribution in [0.5, 0.6) is 5.75 Å². The van der Waals surface area contributed by atoms with Gasteiger partial charge in [0.15, 0.2) is 0 Å². The number of aromatic nitrogens is 1. The molecule has 0 aliphatic carbocycles. The van der Waals surface area contributed by atoms with Crippen LogP contribution in [0.15, 0.2) is 41.5 Å².